The van der Waals surface area contributed by atoms with Gasteiger partial charge in [0, 0.05) is 20.9 Å². The van der Waals surface area contributed by atoms with Gasteiger partial charge in [0.05, 0.1) is 4.90 Å². The van der Waals surface area contributed by atoms with Crippen molar-refractivity contribution in [2.75, 3.05) is 10.5 Å². The Kier molecular flexibility index (Phi) is 4.51. The lowest BCUT2D eigenvalue weighted by atomic mass is 10.2. The fourth-order valence-electron chi connectivity index (χ4n) is 1.70. The minimum absolute atomic E-state index is 0.0345. The van der Waals surface area contributed by atoms with Crippen molar-refractivity contribution < 1.29 is 8.42 Å². The monoisotopic (exact) mass is 388 g/mol. The molecule has 2 aromatic rings. The zero-order valence-electron chi connectivity index (χ0n) is 11.4. The van der Waals surface area contributed by atoms with Crippen molar-refractivity contribution >= 4 is 48.9 Å². The molecule has 112 valence electrons. The normalized spacial score (nSPS) is 11.4. The summed E-state index contributed by atoms with van der Waals surface area (Å²) in [4.78, 5) is 0.0345. The lowest BCUT2D eigenvalue weighted by molar-refractivity contribution is 0.601. The molecule has 0 aliphatic heterocycles. The van der Waals surface area contributed by atoms with Crippen molar-refractivity contribution in [3.63, 3.8) is 0 Å². The Bertz CT molecular complexity index is 784. The van der Waals surface area contributed by atoms with E-state index in [0.717, 1.165) is 10.0 Å². The summed E-state index contributed by atoms with van der Waals surface area (Å²) in [5.74, 6) is 0. The summed E-state index contributed by atoms with van der Waals surface area (Å²) in [6.45, 7) is 3.65. The lowest BCUT2D eigenvalue weighted by Gasteiger charge is -2.11. The van der Waals surface area contributed by atoms with Gasteiger partial charge in [-0.15, -0.1) is 0 Å². The van der Waals surface area contributed by atoms with Crippen molar-refractivity contribution in [1.29, 1.82) is 0 Å². The lowest BCUT2D eigenvalue weighted by Crippen LogP contribution is -2.13. The van der Waals surface area contributed by atoms with E-state index in [1.807, 2.05) is 13.0 Å². The predicted molar refractivity (Wildman–Crippen MR) is 90.3 cm³/mol. The van der Waals surface area contributed by atoms with Crippen LogP contribution in [0.4, 0.5) is 11.4 Å². The molecule has 0 aliphatic carbocycles. The molecule has 0 atom stereocenters. The summed E-state index contributed by atoms with van der Waals surface area (Å²) in [6, 6.07) is 7.99. The van der Waals surface area contributed by atoms with E-state index in [2.05, 4.69) is 20.7 Å². The Labute approximate surface area is 137 Å². The first-order valence-corrected chi connectivity index (χ1v) is 8.71. The zero-order valence-corrected chi connectivity index (χ0v) is 14.6. The van der Waals surface area contributed by atoms with Gasteiger partial charge in [0.1, 0.15) is 0 Å². The molecule has 0 fully saturated rings. The Morgan fingerprint density at radius 1 is 1.19 bits per heavy atom. The first-order chi connectivity index (χ1) is 9.70. The molecule has 0 saturated heterocycles. The van der Waals surface area contributed by atoms with Gasteiger partial charge in [-0.2, -0.15) is 0 Å². The fourth-order valence-corrected chi connectivity index (χ4v) is 3.48. The van der Waals surface area contributed by atoms with E-state index in [1.54, 1.807) is 19.1 Å². The molecule has 0 aromatic heterocycles. The van der Waals surface area contributed by atoms with Crippen LogP contribution in [0.1, 0.15) is 11.1 Å². The van der Waals surface area contributed by atoms with Crippen LogP contribution in [-0.4, -0.2) is 8.42 Å². The van der Waals surface area contributed by atoms with Gasteiger partial charge in [-0.3, -0.25) is 4.72 Å². The third kappa shape index (κ3) is 3.51. The molecule has 0 saturated carbocycles. The molecule has 2 rings (SSSR count). The zero-order chi connectivity index (χ0) is 15.8. The van der Waals surface area contributed by atoms with Crippen LogP contribution in [0.2, 0.25) is 5.02 Å². The first-order valence-electron chi connectivity index (χ1n) is 6.05. The summed E-state index contributed by atoms with van der Waals surface area (Å²) in [7, 11) is -3.74. The van der Waals surface area contributed by atoms with E-state index in [9.17, 15) is 8.42 Å². The number of nitrogens with two attached hydrogens (primary N) is 1. The summed E-state index contributed by atoms with van der Waals surface area (Å²) < 4.78 is 28.1. The van der Waals surface area contributed by atoms with E-state index in [0.29, 0.717) is 22.0 Å². The highest BCUT2D eigenvalue weighted by Crippen LogP contribution is 2.28. The third-order valence-electron chi connectivity index (χ3n) is 3.09. The standard InChI is InChI=1S/C14H14BrClN2O2S/c1-8-3-4-10(5-12(8)15)18-21(19,20)11-6-13(16)9(2)14(17)7-11/h3-7,18H,17H2,1-2H3. The molecule has 21 heavy (non-hydrogen) atoms. The van der Waals surface area contributed by atoms with E-state index < -0.39 is 10.0 Å². The molecule has 7 heteroatoms. The van der Waals surface area contributed by atoms with Gasteiger partial charge in [-0.05, 0) is 49.2 Å². The third-order valence-corrected chi connectivity index (χ3v) is 5.70. The number of hydrogen-bond donors (Lipinski definition) is 2. The average molecular weight is 390 g/mol. The maximum atomic E-state index is 12.4. The molecule has 0 amide bonds. The van der Waals surface area contributed by atoms with Gasteiger partial charge in [0.15, 0.2) is 0 Å². The summed E-state index contributed by atoms with van der Waals surface area (Å²) >= 11 is 9.36. The van der Waals surface area contributed by atoms with Gasteiger partial charge < -0.3 is 5.73 Å². The largest absolute Gasteiger partial charge is 0.398 e. The van der Waals surface area contributed by atoms with Crippen molar-refractivity contribution in [3.8, 4) is 0 Å². The number of rotatable bonds is 3. The van der Waals surface area contributed by atoms with Crippen molar-refractivity contribution in [1.82, 2.24) is 0 Å². The van der Waals surface area contributed by atoms with E-state index in [-0.39, 0.29) is 4.90 Å². The number of sulfonamides is 1. The van der Waals surface area contributed by atoms with Crippen molar-refractivity contribution in [3.05, 3.63) is 51.0 Å². The minimum Gasteiger partial charge on any atom is -0.398 e. The molecule has 0 spiro atoms. The molecular weight excluding hydrogens is 376 g/mol. The van der Waals surface area contributed by atoms with Crippen LogP contribution in [0.5, 0.6) is 0 Å². The van der Waals surface area contributed by atoms with E-state index in [1.165, 1.54) is 12.1 Å². The van der Waals surface area contributed by atoms with Crippen LogP contribution in [0.25, 0.3) is 0 Å². The Balaban J connectivity index is 2.40. The van der Waals surface area contributed by atoms with E-state index in [4.69, 9.17) is 17.3 Å². The van der Waals surface area contributed by atoms with Gasteiger partial charge in [0.2, 0.25) is 0 Å². The summed E-state index contributed by atoms with van der Waals surface area (Å²) in [6.07, 6.45) is 0. The first kappa shape index (κ1) is 16.1. The summed E-state index contributed by atoms with van der Waals surface area (Å²) in [5.41, 5.74) is 8.25. The van der Waals surface area contributed by atoms with Gasteiger partial charge in [-0.1, -0.05) is 33.6 Å². The molecule has 0 unspecified atom stereocenters. The molecule has 2 aromatic carbocycles. The minimum atomic E-state index is -3.74. The maximum Gasteiger partial charge on any atom is 0.262 e. The molecule has 0 bridgehead atoms. The number of halogens is 2. The van der Waals surface area contributed by atoms with Crippen molar-refractivity contribution in [2.45, 2.75) is 18.7 Å². The highest BCUT2D eigenvalue weighted by molar-refractivity contribution is 9.10. The van der Waals surface area contributed by atoms with Crippen molar-refractivity contribution in [2.24, 2.45) is 0 Å². The Morgan fingerprint density at radius 2 is 1.86 bits per heavy atom. The second-order valence-electron chi connectivity index (χ2n) is 4.69. The van der Waals surface area contributed by atoms with Gasteiger partial charge in [0.25, 0.3) is 10.0 Å². The maximum absolute atomic E-state index is 12.4. The molecule has 4 nitrogen and oxygen atoms in total. The molecule has 0 aliphatic rings. The Morgan fingerprint density at radius 3 is 2.43 bits per heavy atom. The van der Waals surface area contributed by atoms with Crippen LogP contribution in [0.3, 0.4) is 0 Å². The molecule has 3 N–H and O–H groups in total. The highest BCUT2D eigenvalue weighted by Gasteiger charge is 2.17. The molecule has 0 radical (unpaired) electrons. The average Bonchev–Trinajstić information content (AvgIpc) is 2.39. The second-order valence-corrected chi connectivity index (χ2v) is 7.63. The SMILES string of the molecule is Cc1ccc(NS(=O)(=O)c2cc(N)c(C)c(Cl)c2)cc1Br. The topological polar surface area (TPSA) is 72.2 Å². The number of hydrogen-bond acceptors (Lipinski definition) is 3. The van der Waals surface area contributed by atoms with Crippen LogP contribution in [-0.2, 0) is 10.0 Å². The number of benzene rings is 2. The Hall–Kier alpha value is -1.24. The number of nitrogen functional groups attached to an aromatic ring is 1. The molecule has 0 heterocycles. The van der Waals surface area contributed by atoms with Crippen LogP contribution >= 0.6 is 27.5 Å². The second kappa shape index (κ2) is 5.87. The quantitative estimate of drug-likeness (QED) is 0.776. The van der Waals surface area contributed by atoms with Gasteiger partial charge in [-0.25, -0.2) is 8.42 Å². The highest BCUT2D eigenvalue weighted by atomic mass is 79.9. The van der Waals surface area contributed by atoms with Crippen LogP contribution in [0, 0.1) is 13.8 Å². The van der Waals surface area contributed by atoms with Gasteiger partial charge >= 0.3 is 0 Å². The number of anilines is 2. The number of nitrogens with one attached hydrogen (secondary N) is 1. The molecular formula is C14H14BrClN2O2S. The van der Waals surface area contributed by atoms with E-state index >= 15 is 0 Å². The van der Waals surface area contributed by atoms with Crippen LogP contribution < -0.4 is 10.5 Å². The summed E-state index contributed by atoms with van der Waals surface area (Å²) in [5, 5.41) is 0.320. The van der Waals surface area contributed by atoms with Crippen LogP contribution in [0.15, 0.2) is 39.7 Å². The predicted octanol–water partition coefficient (Wildman–Crippen LogP) is 4.10. The smallest absolute Gasteiger partial charge is 0.262 e. The number of aryl methyl sites for hydroxylation is 1. The fraction of sp³-hybridized carbons (Fsp3) is 0.143.